The van der Waals surface area contributed by atoms with Gasteiger partial charge in [-0.05, 0) is 71.7 Å². The Balaban J connectivity index is 1.93. The van der Waals surface area contributed by atoms with E-state index < -0.39 is 24.1 Å². The van der Waals surface area contributed by atoms with Crippen molar-refractivity contribution < 1.29 is 23.5 Å². The Morgan fingerprint density at radius 2 is 1.90 bits per heavy atom. The first-order chi connectivity index (χ1) is 13.8. The summed E-state index contributed by atoms with van der Waals surface area (Å²) in [5.74, 6) is -0.460. The zero-order chi connectivity index (χ0) is 21.4. The summed E-state index contributed by atoms with van der Waals surface area (Å²) in [4.78, 5) is 23.7. The Labute approximate surface area is 176 Å². The zero-order valence-corrected chi connectivity index (χ0v) is 17.7. The minimum atomic E-state index is -0.591. The molecular formula is C20H21BrFN3O4. The molecule has 0 aliphatic heterocycles. The summed E-state index contributed by atoms with van der Waals surface area (Å²) >= 11 is 3.43. The van der Waals surface area contributed by atoms with Crippen molar-refractivity contribution in [2.75, 3.05) is 12.4 Å². The van der Waals surface area contributed by atoms with Crippen LogP contribution < -0.4 is 20.2 Å². The number of benzene rings is 2. The maximum absolute atomic E-state index is 12.9. The van der Waals surface area contributed by atoms with Crippen LogP contribution in [-0.2, 0) is 9.59 Å². The lowest BCUT2D eigenvalue weighted by Gasteiger charge is -2.15. The molecule has 0 spiro atoms. The molecule has 0 aliphatic rings. The maximum Gasteiger partial charge on any atom is 0.249 e. The molecule has 0 bridgehead atoms. The zero-order valence-electron chi connectivity index (χ0n) is 16.2. The highest BCUT2D eigenvalue weighted by Crippen LogP contribution is 2.36. The summed E-state index contributed by atoms with van der Waals surface area (Å²) in [5.41, 5.74) is 3.33. The maximum atomic E-state index is 12.9. The standard InChI is InChI=1S/C20H21BrFN3O4/c1-12(2)29-20-16(21)8-13(9-17(20)28-3)11-23-25-19(27)10-18(26)24-15-6-4-14(22)5-7-15/h4-9,11-12H,10H2,1-3H3,(H,24,26)(H,25,27). The third kappa shape index (κ3) is 7.19. The highest BCUT2D eigenvalue weighted by atomic mass is 79.9. The molecule has 2 rings (SSSR count). The van der Waals surface area contributed by atoms with Gasteiger partial charge in [-0.2, -0.15) is 5.10 Å². The number of methoxy groups -OCH3 is 1. The average molecular weight is 466 g/mol. The molecule has 9 heteroatoms. The number of hydrogen-bond acceptors (Lipinski definition) is 5. The number of anilines is 1. The molecule has 29 heavy (non-hydrogen) atoms. The number of carbonyl (C=O) groups excluding carboxylic acids is 2. The SMILES string of the molecule is COc1cc(C=NNC(=O)CC(=O)Nc2ccc(F)cc2)cc(Br)c1OC(C)C. The molecule has 0 aliphatic carbocycles. The number of halogens is 2. The topological polar surface area (TPSA) is 89.0 Å². The second-order valence-corrected chi connectivity index (χ2v) is 7.08. The Bertz CT molecular complexity index is 901. The first-order valence-electron chi connectivity index (χ1n) is 8.70. The van der Waals surface area contributed by atoms with E-state index >= 15 is 0 Å². The van der Waals surface area contributed by atoms with Crippen molar-refractivity contribution >= 4 is 39.6 Å². The van der Waals surface area contributed by atoms with Crippen molar-refractivity contribution in [2.45, 2.75) is 26.4 Å². The van der Waals surface area contributed by atoms with Crippen LogP contribution in [0.15, 0.2) is 46.0 Å². The van der Waals surface area contributed by atoms with Crippen LogP contribution in [0.2, 0.25) is 0 Å². The van der Waals surface area contributed by atoms with E-state index in [4.69, 9.17) is 9.47 Å². The molecule has 0 heterocycles. The number of nitrogens with zero attached hydrogens (tertiary/aromatic N) is 1. The monoisotopic (exact) mass is 465 g/mol. The molecule has 0 aromatic heterocycles. The van der Waals surface area contributed by atoms with Gasteiger partial charge < -0.3 is 14.8 Å². The Hall–Kier alpha value is -2.94. The highest BCUT2D eigenvalue weighted by molar-refractivity contribution is 9.10. The number of rotatable bonds is 8. The molecule has 0 unspecified atom stereocenters. The van der Waals surface area contributed by atoms with E-state index in [0.717, 1.165) is 0 Å². The number of hydrazone groups is 1. The first-order valence-corrected chi connectivity index (χ1v) is 9.49. The highest BCUT2D eigenvalue weighted by Gasteiger charge is 2.13. The quantitative estimate of drug-likeness (QED) is 0.351. The third-order valence-electron chi connectivity index (χ3n) is 3.46. The molecule has 0 saturated carbocycles. The average Bonchev–Trinajstić information content (AvgIpc) is 2.65. The van der Waals surface area contributed by atoms with Gasteiger partial charge in [0, 0.05) is 5.69 Å². The summed E-state index contributed by atoms with van der Waals surface area (Å²) in [7, 11) is 1.53. The van der Waals surface area contributed by atoms with Crippen LogP contribution in [-0.4, -0.2) is 31.2 Å². The molecule has 7 nitrogen and oxygen atoms in total. The van der Waals surface area contributed by atoms with Crippen LogP contribution in [0, 0.1) is 5.82 Å². The normalized spacial score (nSPS) is 10.8. The van der Waals surface area contributed by atoms with Crippen molar-refractivity contribution in [3.63, 3.8) is 0 Å². The molecule has 0 radical (unpaired) electrons. The van der Waals surface area contributed by atoms with Gasteiger partial charge in [0.25, 0.3) is 0 Å². The van der Waals surface area contributed by atoms with Crippen LogP contribution in [0.25, 0.3) is 0 Å². The van der Waals surface area contributed by atoms with Gasteiger partial charge in [-0.1, -0.05) is 0 Å². The lowest BCUT2D eigenvalue weighted by molar-refractivity contribution is -0.126. The minimum Gasteiger partial charge on any atom is -0.493 e. The van der Waals surface area contributed by atoms with E-state index in [1.165, 1.54) is 37.6 Å². The van der Waals surface area contributed by atoms with Crippen molar-refractivity contribution in [3.8, 4) is 11.5 Å². The van der Waals surface area contributed by atoms with Crippen LogP contribution in [0.5, 0.6) is 11.5 Å². The molecule has 2 aromatic carbocycles. The minimum absolute atomic E-state index is 0.0277. The molecule has 2 aromatic rings. The van der Waals surface area contributed by atoms with Crippen molar-refractivity contribution in [1.29, 1.82) is 0 Å². The van der Waals surface area contributed by atoms with E-state index in [0.29, 0.717) is 27.2 Å². The fraction of sp³-hybridized carbons (Fsp3) is 0.250. The van der Waals surface area contributed by atoms with Gasteiger partial charge >= 0.3 is 0 Å². The second kappa shape index (κ2) is 10.6. The van der Waals surface area contributed by atoms with E-state index in [2.05, 4.69) is 31.8 Å². The van der Waals surface area contributed by atoms with Gasteiger partial charge in [-0.15, -0.1) is 0 Å². The predicted molar refractivity (Wildman–Crippen MR) is 112 cm³/mol. The van der Waals surface area contributed by atoms with E-state index in [1.807, 2.05) is 13.8 Å². The van der Waals surface area contributed by atoms with Crippen molar-refractivity contribution in [2.24, 2.45) is 5.10 Å². The Morgan fingerprint density at radius 1 is 1.21 bits per heavy atom. The number of ether oxygens (including phenoxy) is 2. The number of amides is 2. The second-order valence-electron chi connectivity index (χ2n) is 6.23. The third-order valence-corrected chi connectivity index (χ3v) is 4.05. The lowest BCUT2D eigenvalue weighted by atomic mass is 10.2. The smallest absolute Gasteiger partial charge is 0.249 e. The number of carbonyl (C=O) groups is 2. The summed E-state index contributed by atoms with van der Waals surface area (Å²) in [6.45, 7) is 3.81. The van der Waals surface area contributed by atoms with Crippen LogP contribution in [0.4, 0.5) is 10.1 Å². The largest absolute Gasteiger partial charge is 0.493 e. The van der Waals surface area contributed by atoms with Gasteiger partial charge in [-0.3, -0.25) is 9.59 Å². The number of nitrogens with one attached hydrogen (secondary N) is 2. The molecule has 2 N–H and O–H groups in total. The van der Waals surface area contributed by atoms with E-state index in [9.17, 15) is 14.0 Å². The molecule has 0 atom stereocenters. The van der Waals surface area contributed by atoms with E-state index in [-0.39, 0.29) is 6.10 Å². The van der Waals surface area contributed by atoms with Gasteiger partial charge in [0.2, 0.25) is 11.8 Å². The summed E-state index contributed by atoms with van der Waals surface area (Å²) < 4.78 is 24.6. The van der Waals surface area contributed by atoms with Crippen molar-refractivity contribution in [1.82, 2.24) is 5.43 Å². The van der Waals surface area contributed by atoms with Crippen LogP contribution in [0.1, 0.15) is 25.8 Å². The molecular weight excluding hydrogens is 445 g/mol. The molecule has 0 fully saturated rings. The van der Waals surface area contributed by atoms with Gasteiger partial charge in [0.05, 0.1) is 23.9 Å². The molecule has 0 saturated heterocycles. The number of hydrogen-bond donors (Lipinski definition) is 2. The summed E-state index contributed by atoms with van der Waals surface area (Å²) in [6, 6.07) is 8.70. The van der Waals surface area contributed by atoms with Crippen LogP contribution >= 0.6 is 15.9 Å². The predicted octanol–water partition coefficient (Wildman–Crippen LogP) is 3.86. The first kappa shape index (κ1) is 22.4. The molecule has 154 valence electrons. The lowest BCUT2D eigenvalue weighted by Crippen LogP contribution is -2.24. The fourth-order valence-electron chi connectivity index (χ4n) is 2.27. The van der Waals surface area contributed by atoms with Gasteiger partial charge in [-0.25, -0.2) is 9.82 Å². The van der Waals surface area contributed by atoms with Gasteiger partial charge in [0.1, 0.15) is 12.2 Å². The molecule has 2 amide bonds. The fourth-order valence-corrected chi connectivity index (χ4v) is 2.82. The Kier molecular flexibility index (Phi) is 8.14. The van der Waals surface area contributed by atoms with Gasteiger partial charge in [0.15, 0.2) is 11.5 Å². The Morgan fingerprint density at radius 3 is 2.52 bits per heavy atom. The van der Waals surface area contributed by atoms with Crippen LogP contribution in [0.3, 0.4) is 0 Å². The van der Waals surface area contributed by atoms with E-state index in [1.54, 1.807) is 12.1 Å². The summed E-state index contributed by atoms with van der Waals surface area (Å²) in [5, 5.41) is 6.35. The summed E-state index contributed by atoms with van der Waals surface area (Å²) in [6.07, 6.45) is 0.963. The van der Waals surface area contributed by atoms with Crippen molar-refractivity contribution in [3.05, 3.63) is 52.3 Å².